The second kappa shape index (κ2) is 7.21. The minimum atomic E-state index is -3.02. The number of halogens is 1. The number of nitrogens with one attached hydrogen (secondary N) is 1. The molecule has 0 aromatic carbocycles. The summed E-state index contributed by atoms with van der Waals surface area (Å²) in [6, 6.07) is 0. The van der Waals surface area contributed by atoms with Crippen LogP contribution in [0.1, 0.15) is 20.8 Å². The first-order valence-corrected chi connectivity index (χ1v) is 9.08. The molecule has 0 aliphatic heterocycles. The van der Waals surface area contributed by atoms with E-state index in [4.69, 9.17) is 0 Å². The van der Waals surface area contributed by atoms with E-state index >= 15 is 0 Å². The third-order valence-corrected chi connectivity index (χ3v) is 5.16. The topological polar surface area (TPSA) is 81.1 Å². The van der Waals surface area contributed by atoms with Gasteiger partial charge < -0.3 is 5.32 Å². The van der Waals surface area contributed by atoms with Crippen LogP contribution in [0, 0.1) is 5.92 Å². The fraction of sp³-hybridized carbons (Fsp3) is 0.667. The highest BCUT2D eigenvalue weighted by Gasteiger charge is 2.11. The van der Waals surface area contributed by atoms with Crippen molar-refractivity contribution in [3.63, 3.8) is 0 Å². The number of hydrogen-bond acceptors (Lipinski definition) is 5. The zero-order valence-electron chi connectivity index (χ0n) is 11.9. The van der Waals surface area contributed by atoms with Crippen LogP contribution in [0.5, 0.6) is 0 Å². The summed E-state index contributed by atoms with van der Waals surface area (Å²) >= 11 is 3.23. The van der Waals surface area contributed by atoms with Crippen LogP contribution in [-0.2, 0) is 16.4 Å². The third-order valence-electron chi connectivity index (χ3n) is 2.69. The van der Waals surface area contributed by atoms with Crippen LogP contribution in [0.25, 0.3) is 0 Å². The highest BCUT2D eigenvalue weighted by atomic mass is 79.9. The molecular formula is C12H20BrN3O3S. The highest BCUT2D eigenvalue weighted by molar-refractivity contribution is 9.10. The van der Waals surface area contributed by atoms with Crippen LogP contribution < -0.4 is 10.9 Å². The molecule has 1 heterocycles. The molecule has 8 heteroatoms. The van der Waals surface area contributed by atoms with Crippen molar-refractivity contribution in [3.8, 4) is 0 Å². The highest BCUT2D eigenvalue weighted by Crippen LogP contribution is 2.16. The molecule has 1 N–H and O–H groups in total. The summed E-state index contributed by atoms with van der Waals surface area (Å²) in [6.45, 7) is 6.42. The van der Waals surface area contributed by atoms with Crippen molar-refractivity contribution in [3.05, 3.63) is 21.0 Å². The van der Waals surface area contributed by atoms with Crippen molar-refractivity contribution in [1.82, 2.24) is 9.78 Å². The summed E-state index contributed by atoms with van der Waals surface area (Å²) < 4.78 is 24.5. The quantitative estimate of drug-likeness (QED) is 0.791. The summed E-state index contributed by atoms with van der Waals surface area (Å²) in [5.41, 5.74) is 0.295. The zero-order chi connectivity index (χ0) is 15.3. The number of anilines is 1. The summed E-state index contributed by atoms with van der Waals surface area (Å²) in [7, 11) is -3.02. The molecule has 0 amide bonds. The Kier molecular flexibility index (Phi) is 6.19. The standard InChI is InChI=1S/C12H20BrN3O3S/c1-4-20(18,19)6-5-14-10-7-15-16(8-9(2)3)12(17)11(10)13/h7,9,14H,4-6,8H2,1-3H3. The van der Waals surface area contributed by atoms with Gasteiger partial charge in [0.05, 0.1) is 17.6 Å². The van der Waals surface area contributed by atoms with E-state index in [-0.39, 0.29) is 23.6 Å². The normalized spacial score (nSPS) is 11.8. The summed E-state index contributed by atoms with van der Waals surface area (Å²) in [5, 5.41) is 7.00. The lowest BCUT2D eigenvalue weighted by Crippen LogP contribution is -2.27. The number of aromatic nitrogens is 2. The van der Waals surface area contributed by atoms with E-state index in [1.165, 1.54) is 10.9 Å². The Bertz CT molecular complexity index is 611. The molecule has 1 rings (SSSR count). The number of rotatable bonds is 7. The lowest BCUT2D eigenvalue weighted by atomic mass is 10.2. The number of hydrogen-bond donors (Lipinski definition) is 1. The third kappa shape index (κ3) is 4.90. The molecule has 0 saturated carbocycles. The van der Waals surface area contributed by atoms with Gasteiger partial charge in [0.1, 0.15) is 4.47 Å². The molecule has 0 radical (unpaired) electrons. The lowest BCUT2D eigenvalue weighted by molar-refractivity contribution is 0.462. The molecule has 0 bridgehead atoms. The Hall–Kier alpha value is -0.890. The fourth-order valence-corrected chi connectivity index (χ4v) is 2.70. The van der Waals surface area contributed by atoms with Crippen LogP contribution in [0.15, 0.2) is 15.5 Å². The predicted molar refractivity (Wildman–Crippen MR) is 83.9 cm³/mol. The molecular weight excluding hydrogens is 346 g/mol. The van der Waals surface area contributed by atoms with E-state index in [1.807, 2.05) is 13.8 Å². The molecule has 0 spiro atoms. The van der Waals surface area contributed by atoms with Gasteiger partial charge in [-0.3, -0.25) is 4.79 Å². The van der Waals surface area contributed by atoms with Crippen LogP contribution in [0.2, 0.25) is 0 Å². The van der Waals surface area contributed by atoms with Crippen molar-refractivity contribution in [2.45, 2.75) is 27.3 Å². The molecule has 1 aromatic rings. The maximum absolute atomic E-state index is 12.0. The van der Waals surface area contributed by atoms with Crippen LogP contribution >= 0.6 is 15.9 Å². The second-order valence-corrected chi connectivity index (χ2v) is 8.18. The Morgan fingerprint density at radius 3 is 2.65 bits per heavy atom. The summed E-state index contributed by atoms with van der Waals surface area (Å²) in [5.74, 6) is 0.468. The maximum Gasteiger partial charge on any atom is 0.283 e. The Morgan fingerprint density at radius 1 is 1.45 bits per heavy atom. The fourth-order valence-electron chi connectivity index (χ4n) is 1.55. The van der Waals surface area contributed by atoms with Crippen molar-refractivity contribution >= 4 is 31.5 Å². The van der Waals surface area contributed by atoms with Gasteiger partial charge in [-0.25, -0.2) is 13.1 Å². The van der Waals surface area contributed by atoms with E-state index in [0.717, 1.165) is 0 Å². The smallest absolute Gasteiger partial charge is 0.283 e. The van der Waals surface area contributed by atoms with Crippen molar-refractivity contribution < 1.29 is 8.42 Å². The van der Waals surface area contributed by atoms with Gasteiger partial charge in [-0.2, -0.15) is 5.10 Å². The van der Waals surface area contributed by atoms with Crippen molar-refractivity contribution in [2.24, 2.45) is 5.92 Å². The minimum Gasteiger partial charge on any atom is -0.382 e. The van der Waals surface area contributed by atoms with Gasteiger partial charge in [-0.15, -0.1) is 0 Å². The van der Waals surface area contributed by atoms with Gasteiger partial charge in [0.2, 0.25) is 0 Å². The Morgan fingerprint density at radius 2 is 2.10 bits per heavy atom. The van der Waals surface area contributed by atoms with Crippen LogP contribution in [-0.4, -0.2) is 36.2 Å². The van der Waals surface area contributed by atoms with E-state index in [9.17, 15) is 13.2 Å². The first-order valence-electron chi connectivity index (χ1n) is 6.46. The molecule has 0 fully saturated rings. The Labute approximate surface area is 127 Å². The molecule has 0 aliphatic carbocycles. The molecule has 0 aliphatic rings. The Balaban J connectivity index is 2.79. The molecule has 0 unspecified atom stereocenters. The van der Waals surface area contributed by atoms with Gasteiger partial charge in [0.25, 0.3) is 5.56 Å². The second-order valence-electron chi connectivity index (χ2n) is 4.92. The molecule has 1 aromatic heterocycles. The number of sulfone groups is 1. The van der Waals surface area contributed by atoms with Gasteiger partial charge >= 0.3 is 0 Å². The van der Waals surface area contributed by atoms with Crippen molar-refractivity contribution in [1.29, 1.82) is 0 Å². The lowest BCUT2D eigenvalue weighted by Gasteiger charge is -2.11. The monoisotopic (exact) mass is 365 g/mol. The average Bonchev–Trinajstić information content (AvgIpc) is 2.37. The van der Waals surface area contributed by atoms with E-state index in [0.29, 0.717) is 22.6 Å². The largest absolute Gasteiger partial charge is 0.382 e. The van der Waals surface area contributed by atoms with E-state index in [2.05, 4.69) is 26.3 Å². The van der Waals surface area contributed by atoms with E-state index in [1.54, 1.807) is 6.92 Å². The van der Waals surface area contributed by atoms with Gasteiger partial charge in [-0.05, 0) is 21.8 Å². The molecule has 6 nitrogen and oxygen atoms in total. The SMILES string of the molecule is CCS(=O)(=O)CCNc1cnn(CC(C)C)c(=O)c1Br. The van der Waals surface area contributed by atoms with Crippen LogP contribution in [0.4, 0.5) is 5.69 Å². The summed E-state index contributed by atoms with van der Waals surface area (Å²) in [4.78, 5) is 12.0. The summed E-state index contributed by atoms with van der Waals surface area (Å²) in [6.07, 6.45) is 1.53. The molecule has 0 saturated heterocycles. The number of nitrogens with zero attached hydrogens (tertiary/aromatic N) is 2. The predicted octanol–water partition coefficient (Wildman–Crippen LogP) is 1.51. The van der Waals surface area contributed by atoms with Crippen LogP contribution in [0.3, 0.4) is 0 Å². The first-order chi connectivity index (χ1) is 9.26. The average molecular weight is 366 g/mol. The van der Waals surface area contributed by atoms with Gasteiger partial charge in [0.15, 0.2) is 9.84 Å². The zero-order valence-corrected chi connectivity index (χ0v) is 14.3. The first kappa shape index (κ1) is 17.2. The van der Waals surface area contributed by atoms with E-state index < -0.39 is 9.84 Å². The molecule has 0 atom stereocenters. The maximum atomic E-state index is 12.0. The molecule has 114 valence electrons. The minimum absolute atomic E-state index is 0.0328. The molecule has 20 heavy (non-hydrogen) atoms. The van der Waals surface area contributed by atoms with Gasteiger partial charge in [-0.1, -0.05) is 20.8 Å². The van der Waals surface area contributed by atoms with Crippen molar-refractivity contribution in [2.75, 3.05) is 23.4 Å². The van der Waals surface area contributed by atoms with Gasteiger partial charge in [0, 0.05) is 18.8 Å².